The van der Waals surface area contributed by atoms with Crippen LogP contribution < -0.4 is 0 Å². The molecule has 0 spiro atoms. The fourth-order valence-corrected chi connectivity index (χ4v) is 1.03. The number of hydrogen-bond donors (Lipinski definition) is 0. The van der Waals surface area contributed by atoms with E-state index in [4.69, 9.17) is 4.74 Å². The van der Waals surface area contributed by atoms with E-state index < -0.39 is 0 Å². The van der Waals surface area contributed by atoms with Gasteiger partial charge in [-0.1, -0.05) is 17.7 Å². The average molecular weight is 150 g/mol. The van der Waals surface area contributed by atoms with Crippen LogP contribution in [-0.2, 0) is 4.74 Å². The molecular formula is C10H14O. The van der Waals surface area contributed by atoms with Crippen molar-refractivity contribution in [2.45, 2.75) is 20.3 Å². The van der Waals surface area contributed by atoms with Gasteiger partial charge in [0.15, 0.2) is 0 Å². The zero-order valence-electron chi connectivity index (χ0n) is 7.13. The van der Waals surface area contributed by atoms with Crippen molar-refractivity contribution in [1.82, 2.24) is 0 Å². The third kappa shape index (κ3) is 2.62. The molecule has 0 fully saturated rings. The van der Waals surface area contributed by atoms with Crippen LogP contribution in [0.15, 0.2) is 35.6 Å². The lowest BCUT2D eigenvalue weighted by atomic mass is 10.2. The molecule has 1 heteroatoms. The smallest absolute Gasteiger partial charge is 0.119 e. The lowest BCUT2D eigenvalue weighted by molar-refractivity contribution is 0.242. The summed E-state index contributed by atoms with van der Waals surface area (Å²) in [6.45, 7) is 4.83. The van der Waals surface area contributed by atoms with Crippen LogP contribution in [0, 0.1) is 0 Å². The summed E-state index contributed by atoms with van der Waals surface area (Å²) >= 11 is 0. The SMILES string of the molecule is CCOC1=CC(C)=CCC=C1. The summed E-state index contributed by atoms with van der Waals surface area (Å²) in [4.78, 5) is 0. The number of rotatable bonds is 2. The van der Waals surface area contributed by atoms with Gasteiger partial charge in [-0.15, -0.1) is 0 Å². The molecule has 0 radical (unpaired) electrons. The van der Waals surface area contributed by atoms with E-state index in [9.17, 15) is 0 Å². The quantitative estimate of drug-likeness (QED) is 0.588. The zero-order valence-corrected chi connectivity index (χ0v) is 7.13. The molecule has 1 aliphatic carbocycles. The van der Waals surface area contributed by atoms with Crippen molar-refractivity contribution in [2.24, 2.45) is 0 Å². The molecule has 0 heterocycles. The zero-order chi connectivity index (χ0) is 8.10. The topological polar surface area (TPSA) is 9.23 Å². The number of hydrogen-bond acceptors (Lipinski definition) is 1. The van der Waals surface area contributed by atoms with Crippen molar-refractivity contribution in [3.63, 3.8) is 0 Å². The molecule has 0 bridgehead atoms. The van der Waals surface area contributed by atoms with Gasteiger partial charge in [0.25, 0.3) is 0 Å². The number of ether oxygens (including phenoxy) is 1. The summed E-state index contributed by atoms with van der Waals surface area (Å²) in [5, 5.41) is 0. The van der Waals surface area contributed by atoms with Gasteiger partial charge >= 0.3 is 0 Å². The molecule has 1 aliphatic rings. The Bertz CT molecular complexity index is 209. The molecule has 0 amide bonds. The normalized spacial score (nSPS) is 16.9. The average Bonchev–Trinajstić information content (AvgIpc) is 2.15. The van der Waals surface area contributed by atoms with Crippen molar-refractivity contribution in [2.75, 3.05) is 6.61 Å². The van der Waals surface area contributed by atoms with E-state index in [1.54, 1.807) is 0 Å². The lowest BCUT2D eigenvalue weighted by Crippen LogP contribution is -1.87. The fourth-order valence-electron chi connectivity index (χ4n) is 1.03. The summed E-state index contributed by atoms with van der Waals surface area (Å²) < 4.78 is 5.37. The maximum absolute atomic E-state index is 5.37. The molecule has 1 nitrogen and oxygen atoms in total. The van der Waals surface area contributed by atoms with E-state index in [1.165, 1.54) is 5.57 Å². The number of allylic oxidation sites excluding steroid dienone is 5. The molecule has 0 aromatic carbocycles. The van der Waals surface area contributed by atoms with Crippen molar-refractivity contribution in [3.05, 3.63) is 35.6 Å². The van der Waals surface area contributed by atoms with Crippen LogP contribution in [-0.4, -0.2) is 6.61 Å². The lowest BCUT2D eigenvalue weighted by Gasteiger charge is -2.01. The Morgan fingerprint density at radius 1 is 1.55 bits per heavy atom. The molecule has 0 saturated carbocycles. The molecule has 1 rings (SSSR count). The molecule has 11 heavy (non-hydrogen) atoms. The third-order valence-electron chi connectivity index (χ3n) is 1.54. The highest BCUT2D eigenvalue weighted by Crippen LogP contribution is 2.10. The summed E-state index contributed by atoms with van der Waals surface area (Å²) in [5.74, 6) is 0.971. The largest absolute Gasteiger partial charge is 0.494 e. The van der Waals surface area contributed by atoms with Crippen molar-refractivity contribution < 1.29 is 4.74 Å². The Labute approximate surface area is 68.1 Å². The minimum Gasteiger partial charge on any atom is -0.494 e. The summed E-state index contributed by atoms with van der Waals surface area (Å²) in [5.41, 5.74) is 1.28. The van der Waals surface area contributed by atoms with Crippen LogP contribution >= 0.6 is 0 Å². The van der Waals surface area contributed by atoms with Gasteiger partial charge in [-0.2, -0.15) is 0 Å². The molecule has 60 valence electrons. The monoisotopic (exact) mass is 150 g/mol. The van der Waals surface area contributed by atoms with Crippen LogP contribution in [0.4, 0.5) is 0 Å². The highest BCUT2D eigenvalue weighted by Gasteiger charge is 1.94. The van der Waals surface area contributed by atoms with Gasteiger partial charge in [-0.3, -0.25) is 0 Å². The third-order valence-corrected chi connectivity index (χ3v) is 1.54. The van der Waals surface area contributed by atoms with Crippen molar-refractivity contribution in [1.29, 1.82) is 0 Å². The highest BCUT2D eigenvalue weighted by atomic mass is 16.5. The Kier molecular flexibility index (Phi) is 2.96. The second kappa shape index (κ2) is 4.02. The van der Waals surface area contributed by atoms with E-state index in [1.807, 2.05) is 13.0 Å². The Morgan fingerprint density at radius 3 is 3.09 bits per heavy atom. The molecule has 0 aromatic rings. The molecule has 0 aliphatic heterocycles. The minimum atomic E-state index is 0.740. The summed E-state index contributed by atoms with van der Waals surface area (Å²) in [7, 11) is 0. The maximum atomic E-state index is 5.37. The van der Waals surface area contributed by atoms with Crippen LogP contribution in [0.1, 0.15) is 20.3 Å². The second-order valence-corrected chi connectivity index (χ2v) is 2.57. The van der Waals surface area contributed by atoms with E-state index in [2.05, 4.69) is 25.2 Å². The molecule has 0 aromatic heterocycles. The van der Waals surface area contributed by atoms with Gasteiger partial charge in [0.2, 0.25) is 0 Å². The van der Waals surface area contributed by atoms with Crippen LogP contribution in [0.5, 0.6) is 0 Å². The second-order valence-electron chi connectivity index (χ2n) is 2.57. The van der Waals surface area contributed by atoms with Crippen molar-refractivity contribution >= 4 is 0 Å². The van der Waals surface area contributed by atoms with Gasteiger partial charge in [0, 0.05) is 0 Å². The highest BCUT2D eigenvalue weighted by molar-refractivity contribution is 5.28. The van der Waals surface area contributed by atoms with E-state index >= 15 is 0 Å². The van der Waals surface area contributed by atoms with E-state index in [-0.39, 0.29) is 0 Å². The summed E-state index contributed by atoms with van der Waals surface area (Å²) in [6, 6.07) is 0. The molecule has 0 N–H and O–H groups in total. The Balaban J connectivity index is 2.68. The van der Waals surface area contributed by atoms with Crippen LogP contribution in [0.25, 0.3) is 0 Å². The standard InChI is InChI=1S/C10H14O/c1-3-11-10-7-5-4-6-9(2)8-10/h5-8H,3-4H2,1-2H3. The predicted molar refractivity (Wildman–Crippen MR) is 47.2 cm³/mol. The fraction of sp³-hybridized carbons (Fsp3) is 0.400. The Hall–Kier alpha value is -0.980. The van der Waals surface area contributed by atoms with E-state index in [0.717, 1.165) is 18.8 Å². The molecular weight excluding hydrogens is 136 g/mol. The van der Waals surface area contributed by atoms with Gasteiger partial charge in [0.1, 0.15) is 5.76 Å². The van der Waals surface area contributed by atoms with Crippen molar-refractivity contribution in [3.8, 4) is 0 Å². The van der Waals surface area contributed by atoms with Crippen LogP contribution in [0.3, 0.4) is 0 Å². The first-order chi connectivity index (χ1) is 5.33. The van der Waals surface area contributed by atoms with Crippen LogP contribution in [0.2, 0.25) is 0 Å². The first-order valence-corrected chi connectivity index (χ1v) is 4.00. The van der Waals surface area contributed by atoms with E-state index in [0.29, 0.717) is 0 Å². The van der Waals surface area contributed by atoms with Gasteiger partial charge in [-0.25, -0.2) is 0 Å². The van der Waals surface area contributed by atoms with Gasteiger partial charge in [-0.05, 0) is 32.4 Å². The first kappa shape index (κ1) is 8.12. The Morgan fingerprint density at radius 2 is 2.36 bits per heavy atom. The van der Waals surface area contributed by atoms with Gasteiger partial charge in [0.05, 0.1) is 6.61 Å². The minimum absolute atomic E-state index is 0.740. The molecule has 0 saturated heterocycles. The maximum Gasteiger partial charge on any atom is 0.119 e. The van der Waals surface area contributed by atoms with Gasteiger partial charge < -0.3 is 4.74 Å². The molecule has 0 unspecified atom stereocenters. The summed E-state index contributed by atoms with van der Waals surface area (Å²) in [6.07, 6.45) is 9.39. The molecule has 0 atom stereocenters. The first-order valence-electron chi connectivity index (χ1n) is 4.00. The predicted octanol–water partition coefficient (Wildman–Crippen LogP) is 2.81.